The Hall–Kier alpha value is -1.48. The lowest BCUT2D eigenvalue weighted by Gasteiger charge is -2.24. The zero-order valence-corrected chi connectivity index (χ0v) is 11.8. The van der Waals surface area contributed by atoms with Gasteiger partial charge in [-0.25, -0.2) is 0 Å². The van der Waals surface area contributed by atoms with E-state index in [2.05, 4.69) is 41.3 Å². The van der Waals surface area contributed by atoms with E-state index in [1.165, 1.54) is 35.9 Å². The van der Waals surface area contributed by atoms with Gasteiger partial charge < -0.3 is 14.6 Å². The van der Waals surface area contributed by atoms with Gasteiger partial charge in [0.1, 0.15) is 5.75 Å². The number of benzene rings is 1. The summed E-state index contributed by atoms with van der Waals surface area (Å²) in [7, 11) is 3.87. The molecule has 1 atom stereocenters. The summed E-state index contributed by atoms with van der Waals surface area (Å²) in [6.45, 7) is 2.30. The second kappa shape index (κ2) is 5.25. The molecular weight excluding hydrogens is 236 g/mol. The molecule has 1 aromatic heterocycles. The molecule has 0 bridgehead atoms. The van der Waals surface area contributed by atoms with Crippen LogP contribution < -0.4 is 10.1 Å². The molecule has 1 N–H and O–H groups in total. The third kappa shape index (κ3) is 2.35. The number of ether oxygens (including phenoxy) is 1. The van der Waals surface area contributed by atoms with Crippen molar-refractivity contribution in [1.29, 1.82) is 0 Å². The van der Waals surface area contributed by atoms with E-state index in [-0.39, 0.29) is 0 Å². The van der Waals surface area contributed by atoms with E-state index in [9.17, 15) is 0 Å². The van der Waals surface area contributed by atoms with Gasteiger partial charge in [0.05, 0.1) is 7.11 Å². The normalized spacial score (nSPS) is 19.8. The topological polar surface area (TPSA) is 26.2 Å². The number of hydrogen-bond acceptors (Lipinski definition) is 2. The largest absolute Gasteiger partial charge is 0.496 e. The summed E-state index contributed by atoms with van der Waals surface area (Å²) in [5.41, 5.74) is 2.66. The van der Waals surface area contributed by atoms with Crippen molar-refractivity contribution in [1.82, 2.24) is 9.88 Å². The molecule has 3 nitrogen and oxygen atoms in total. The van der Waals surface area contributed by atoms with E-state index in [1.54, 1.807) is 7.11 Å². The first-order valence-electron chi connectivity index (χ1n) is 7.11. The van der Waals surface area contributed by atoms with Gasteiger partial charge in [-0.2, -0.15) is 0 Å². The van der Waals surface area contributed by atoms with Crippen molar-refractivity contribution in [2.24, 2.45) is 13.0 Å². The van der Waals surface area contributed by atoms with Crippen molar-refractivity contribution in [2.75, 3.05) is 20.2 Å². The van der Waals surface area contributed by atoms with Crippen molar-refractivity contribution >= 4 is 10.9 Å². The molecule has 1 saturated heterocycles. The van der Waals surface area contributed by atoms with Crippen LogP contribution in [-0.2, 0) is 13.5 Å². The minimum absolute atomic E-state index is 0.730. The van der Waals surface area contributed by atoms with Gasteiger partial charge in [-0.3, -0.25) is 0 Å². The second-order valence-corrected chi connectivity index (χ2v) is 5.52. The quantitative estimate of drug-likeness (QED) is 0.916. The average Bonchev–Trinajstić information content (AvgIpc) is 2.82. The van der Waals surface area contributed by atoms with Crippen LogP contribution in [0.2, 0.25) is 0 Å². The molecule has 2 aromatic rings. The third-order valence-corrected chi connectivity index (χ3v) is 4.25. The van der Waals surface area contributed by atoms with Crippen LogP contribution in [0.3, 0.4) is 0 Å². The molecule has 1 aromatic carbocycles. The molecule has 1 unspecified atom stereocenters. The maximum Gasteiger partial charge on any atom is 0.122 e. The van der Waals surface area contributed by atoms with Crippen LogP contribution in [-0.4, -0.2) is 24.8 Å². The Kier molecular flexibility index (Phi) is 3.47. The first-order chi connectivity index (χ1) is 9.29. The van der Waals surface area contributed by atoms with E-state index < -0.39 is 0 Å². The van der Waals surface area contributed by atoms with Gasteiger partial charge in [-0.05, 0) is 56.5 Å². The van der Waals surface area contributed by atoms with Crippen LogP contribution in [0.4, 0.5) is 0 Å². The summed E-state index contributed by atoms with van der Waals surface area (Å²) in [5.74, 6) is 1.76. The average molecular weight is 258 g/mol. The highest BCUT2D eigenvalue weighted by Gasteiger charge is 2.18. The van der Waals surface area contributed by atoms with Crippen molar-refractivity contribution in [2.45, 2.75) is 19.3 Å². The summed E-state index contributed by atoms with van der Waals surface area (Å²) in [6, 6.07) is 6.47. The second-order valence-electron chi connectivity index (χ2n) is 5.52. The van der Waals surface area contributed by atoms with E-state index >= 15 is 0 Å². The number of rotatable bonds is 3. The van der Waals surface area contributed by atoms with Gasteiger partial charge in [-0.15, -0.1) is 0 Å². The molecular formula is C16H22N2O. The van der Waals surface area contributed by atoms with E-state index in [4.69, 9.17) is 4.74 Å². The van der Waals surface area contributed by atoms with Crippen LogP contribution >= 0.6 is 0 Å². The number of aryl methyl sites for hydroxylation is 1. The Morgan fingerprint density at radius 2 is 2.26 bits per heavy atom. The molecule has 0 spiro atoms. The molecule has 0 saturated carbocycles. The van der Waals surface area contributed by atoms with Crippen LogP contribution in [0.5, 0.6) is 5.75 Å². The summed E-state index contributed by atoms with van der Waals surface area (Å²) in [6.07, 6.45) is 5.85. The van der Waals surface area contributed by atoms with Crippen molar-refractivity contribution in [3.8, 4) is 5.75 Å². The zero-order chi connectivity index (χ0) is 13.2. The highest BCUT2D eigenvalue weighted by molar-refractivity contribution is 5.86. The van der Waals surface area contributed by atoms with Crippen LogP contribution in [0.25, 0.3) is 10.9 Å². The lowest BCUT2D eigenvalue weighted by atomic mass is 9.90. The smallest absolute Gasteiger partial charge is 0.122 e. The highest BCUT2D eigenvalue weighted by atomic mass is 16.5. The van der Waals surface area contributed by atoms with Gasteiger partial charge in [0.25, 0.3) is 0 Å². The molecule has 2 heterocycles. The fourth-order valence-electron chi connectivity index (χ4n) is 3.18. The number of hydrogen-bond donors (Lipinski definition) is 1. The maximum atomic E-state index is 5.57. The van der Waals surface area contributed by atoms with Crippen molar-refractivity contribution < 1.29 is 4.74 Å². The predicted octanol–water partition coefficient (Wildman–Crippen LogP) is 2.73. The Morgan fingerprint density at radius 3 is 3.00 bits per heavy atom. The number of nitrogens with one attached hydrogen (secondary N) is 1. The fraction of sp³-hybridized carbons (Fsp3) is 0.500. The Balaban J connectivity index is 1.98. The van der Waals surface area contributed by atoms with E-state index in [1.807, 2.05) is 0 Å². The molecule has 0 amide bonds. The molecule has 1 aliphatic rings. The zero-order valence-electron chi connectivity index (χ0n) is 11.8. The fourth-order valence-corrected chi connectivity index (χ4v) is 3.18. The lowest BCUT2D eigenvalue weighted by Crippen LogP contribution is -2.30. The first kappa shape index (κ1) is 12.5. The number of nitrogens with zero attached hydrogens (tertiary/aromatic N) is 1. The van der Waals surface area contributed by atoms with Gasteiger partial charge in [0.2, 0.25) is 0 Å². The molecule has 3 rings (SSSR count). The molecule has 3 heteroatoms. The summed E-state index contributed by atoms with van der Waals surface area (Å²) in [4.78, 5) is 0. The highest BCUT2D eigenvalue weighted by Crippen LogP contribution is 2.31. The number of piperidine rings is 1. The Morgan fingerprint density at radius 1 is 1.37 bits per heavy atom. The standard InChI is InChI=1S/C16H22N2O/c1-18-9-7-13-14(10-12-4-3-8-17-11-12)16(19-2)6-5-15(13)18/h5-7,9,12,17H,3-4,8,10-11H2,1-2H3. The number of methoxy groups -OCH3 is 1. The lowest BCUT2D eigenvalue weighted by molar-refractivity contribution is 0.365. The van der Waals surface area contributed by atoms with Crippen LogP contribution in [0, 0.1) is 5.92 Å². The minimum Gasteiger partial charge on any atom is -0.496 e. The summed E-state index contributed by atoms with van der Waals surface area (Å²) < 4.78 is 7.75. The monoisotopic (exact) mass is 258 g/mol. The molecule has 0 radical (unpaired) electrons. The maximum absolute atomic E-state index is 5.57. The Bertz CT molecular complexity index is 567. The predicted molar refractivity (Wildman–Crippen MR) is 78.8 cm³/mol. The summed E-state index contributed by atoms with van der Waals surface area (Å²) in [5, 5.41) is 4.84. The van der Waals surface area contributed by atoms with E-state index in [0.29, 0.717) is 0 Å². The molecule has 1 fully saturated rings. The van der Waals surface area contributed by atoms with E-state index in [0.717, 1.165) is 24.6 Å². The summed E-state index contributed by atoms with van der Waals surface area (Å²) >= 11 is 0. The SMILES string of the molecule is COc1ccc2c(ccn2C)c1CC1CCCNC1. The molecule has 0 aliphatic carbocycles. The van der Waals surface area contributed by atoms with Gasteiger partial charge >= 0.3 is 0 Å². The molecule has 1 aliphatic heterocycles. The molecule has 102 valence electrons. The van der Waals surface area contributed by atoms with Crippen LogP contribution in [0.1, 0.15) is 18.4 Å². The first-order valence-corrected chi connectivity index (χ1v) is 7.11. The number of fused-ring (bicyclic) bond motifs is 1. The van der Waals surface area contributed by atoms with Gasteiger partial charge in [0.15, 0.2) is 0 Å². The third-order valence-electron chi connectivity index (χ3n) is 4.25. The van der Waals surface area contributed by atoms with Gasteiger partial charge in [-0.1, -0.05) is 0 Å². The minimum atomic E-state index is 0.730. The molecule has 19 heavy (non-hydrogen) atoms. The van der Waals surface area contributed by atoms with Crippen molar-refractivity contribution in [3.05, 3.63) is 30.0 Å². The van der Waals surface area contributed by atoms with Crippen LogP contribution in [0.15, 0.2) is 24.4 Å². The Labute approximate surface area is 114 Å². The number of aromatic nitrogens is 1. The van der Waals surface area contributed by atoms with Crippen molar-refractivity contribution in [3.63, 3.8) is 0 Å². The van der Waals surface area contributed by atoms with Gasteiger partial charge in [0, 0.05) is 29.7 Å².